The summed E-state index contributed by atoms with van der Waals surface area (Å²) in [7, 11) is 0. The number of aromatic nitrogens is 4. The molecular formula is C8H14N6OS. The lowest BCUT2D eigenvalue weighted by Gasteiger charge is -2.29. The van der Waals surface area contributed by atoms with E-state index in [0.29, 0.717) is 5.16 Å². The van der Waals surface area contributed by atoms with Crippen molar-refractivity contribution < 1.29 is 4.79 Å². The first kappa shape index (κ1) is 11.3. The van der Waals surface area contributed by atoms with Gasteiger partial charge in [-0.25, -0.2) is 0 Å². The molecule has 0 saturated carbocycles. The van der Waals surface area contributed by atoms with Crippen molar-refractivity contribution in [2.24, 2.45) is 0 Å². The highest BCUT2D eigenvalue weighted by atomic mass is 32.2. The van der Waals surface area contributed by atoms with Gasteiger partial charge in [-0.05, 0) is 12.1 Å². The topological polar surface area (TPSA) is 86.8 Å². The molecule has 1 aromatic rings. The second-order valence-electron chi connectivity index (χ2n) is 3.53. The van der Waals surface area contributed by atoms with Crippen LogP contribution in [0.4, 0.5) is 0 Å². The van der Waals surface area contributed by atoms with Gasteiger partial charge in [0.25, 0.3) is 0 Å². The molecule has 16 heavy (non-hydrogen) atoms. The van der Waals surface area contributed by atoms with E-state index in [1.165, 1.54) is 11.8 Å². The molecule has 0 spiro atoms. The molecule has 1 aliphatic rings. The van der Waals surface area contributed by atoms with Gasteiger partial charge in [-0.3, -0.25) is 4.79 Å². The molecular weight excluding hydrogens is 228 g/mol. The quantitative estimate of drug-likeness (QED) is 0.669. The second kappa shape index (κ2) is 5.26. The number of hydrogen-bond donors (Lipinski definition) is 2. The van der Waals surface area contributed by atoms with E-state index in [0.717, 1.165) is 26.2 Å². The minimum absolute atomic E-state index is 0.135. The first-order valence-electron chi connectivity index (χ1n) is 5.17. The summed E-state index contributed by atoms with van der Waals surface area (Å²) in [5, 5.41) is 17.0. The zero-order valence-corrected chi connectivity index (χ0v) is 9.83. The zero-order chi connectivity index (χ0) is 11.4. The normalized spacial score (nSPS) is 18.4. The lowest BCUT2D eigenvalue weighted by atomic mass is 10.3. The molecule has 2 N–H and O–H groups in total. The number of thioether (sulfide) groups is 1. The van der Waals surface area contributed by atoms with Crippen LogP contribution >= 0.6 is 11.8 Å². The Morgan fingerprint density at radius 1 is 1.50 bits per heavy atom. The first-order valence-corrected chi connectivity index (χ1v) is 6.05. The lowest BCUT2D eigenvalue weighted by molar-refractivity contribution is -0.130. The highest BCUT2D eigenvalue weighted by Gasteiger charge is 2.23. The monoisotopic (exact) mass is 242 g/mol. The molecule has 1 amide bonds. The molecule has 2 rings (SSSR count). The number of tetrazole rings is 1. The molecule has 2 heterocycles. The summed E-state index contributed by atoms with van der Waals surface area (Å²) in [6.07, 6.45) is 0. The van der Waals surface area contributed by atoms with E-state index in [1.807, 2.05) is 11.8 Å². The molecule has 8 heteroatoms. The average Bonchev–Trinajstić information content (AvgIpc) is 2.82. The third-order valence-corrected chi connectivity index (χ3v) is 3.32. The van der Waals surface area contributed by atoms with Crippen LogP contribution in [-0.2, 0) is 4.79 Å². The zero-order valence-electron chi connectivity index (χ0n) is 9.01. The predicted octanol–water partition coefficient (Wildman–Crippen LogP) is -0.888. The fourth-order valence-electron chi connectivity index (χ4n) is 1.55. The molecule has 1 unspecified atom stereocenters. The van der Waals surface area contributed by atoms with E-state index in [4.69, 9.17) is 0 Å². The predicted molar refractivity (Wildman–Crippen MR) is 58.9 cm³/mol. The molecule has 7 nitrogen and oxygen atoms in total. The van der Waals surface area contributed by atoms with E-state index in [2.05, 4.69) is 25.9 Å². The smallest absolute Gasteiger partial charge is 0.235 e. The highest BCUT2D eigenvalue weighted by Crippen LogP contribution is 2.19. The van der Waals surface area contributed by atoms with Gasteiger partial charge < -0.3 is 10.2 Å². The Morgan fingerprint density at radius 3 is 2.88 bits per heavy atom. The van der Waals surface area contributed by atoms with E-state index < -0.39 is 0 Å². The summed E-state index contributed by atoms with van der Waals surface area (Å²) in [6.45, 7) is 5.15. The largest absolute Gasteiger partial charge is 0.339 e. The van der Waals surface area contributed by atoms with Crippen LogP contribution in [0, 0.1) is 0 Å². The van der Waals surface area contributed by atoms with Crippen molar-refractivity contribution >= 4 is 17.7 Å². The van der Waals surface area contributed by atoms with Gasteiger partial charge in [0.15, 0.2) is 0 Å². The highest BCUT2D eigenvalue weighted by molar-refractivity contribution is 8.00. The molecule has 0 radical (unpaired) electrons. The summed E-state index contributed by atoms with van der Waals surface area (Å²) in [6, 6.07) is 0. The van der Waals surface area contributed by atoms with Gasteiger partial charge in [0.05, 0.1) is 5.25 Å². The van der Waals surface area contributed by atoms with Crippen LogP contribution in [-0.4, -0.2) is 62.9 Å². The number of H-pyrrole nitrogens is 1. The Balaban J connectivity index is 1.88. The molecule has 1 aliphatic heterocycles. The Kier molecular flexibility index (Phi) is 3.73. The van der Waals surface area contributed by atoms with Crippen LogP contribution in [0.3, 0.4) is 0 Å². The number of rotatable bonds is 3. The third-order valence-electron chi connectivity index (χ3n) is 2.38. The fourth-order valence-corrected chi connectivity index (χ4v) is 2.30. The summed E-state index contributed by atoms with van der Waals surface area (Å²) >= 11 is 1.32. The van der Waals surface area contributed by atoms with E-state index in [9.17, 15) is 4.79 Å². The van der Waals surface area contributed by atoms with Crippen LogP contribution in [0.15, 0.2) is 5.16 Å². The van der Waals surface area contributed by atoms with Crippen molar-refractivity contribution in [3.05, 3.63) is 0 Å². The standard InChI is InChI=1S/C8H14N6OS/c1-6(16-8-10-12-13-11-8)7(15)14-4-2-9-3-5-14/h6,9H,2-5H2,1H3,(H,10,11,12,13). The van der Waals surface area contributed by atoms with Gasteiger partial charge in [-0.15, -0.1) is 10.2 Å². The van der Waals surface area contributed by atoms with Gasteiger partial charge in [0, 0.05) is 26.2 Å². The molecule has 0 bridgehead atoms. The number of carbonyl (C=O) groups excluding carboxylic acids is 1. The maximum atomic E-state index is 12.0. The molecule has 0 aliphatic carbocycles. The van der Waals surface area contributed by atoms with Gasteiger partial charge >= 0.3 is 0 Å². The first-order chi connectivity index (χ1) is 7.77. The lowest BCUT2D eigenvalue weighted by Crippen LogP contribution is -2.48. The van der Waals surface area contributed by atoms with Crippen LogP contribution in [0.2, 0.25) is 0 Å². The van der Waals surface area contributed by atoms with E-state index in [-0.39, 0.29) is 11.2 Å². The van der Waals surface area contributed by atoms with Gasteiger partial charge in [0.1, 0.15) is 0 Å². The molecule has 1 atom stereocenters. The Bertz CT molecular complexity index is 336. The molecule has 1 saturated heterocycles. The minimum Gasteiger partial charge on any atom is -0.339 e. The Morgan fingerprint density at radius 2 is 2.25 bits per heavy atom. The number of piperazine rings is 1. The third kappa shape index (κ3) is 2.70. The van der Waals surface area contributed by atoms with Gasteiger partial charge in [0.2, 0.25) is 11.1 Å². The van der Waals surface area contributed by atoms with Crippen LogP contribution in [0.1, 0.15) is 6.92 Å². The summed E-state index contributed by atoms with van der Waals surface area (Å²) in [5.41, 5.74) is 0. The maximum absolute atomic E-state index is 12.0. The molecule has 1 fully saturated rings. The molecule has 0 aromatic carbocycles. The Labute approximate surface area is 97.3 Å². The van der Waals surface area contributed by atoms with Crippen molar-refractivity contribution in [2.75, 3.05) is 26.2 Å². The molecule has 1 aromatic heterocycles. The number of carbonyl (C=O) groups is 1. The van der Waals surface area contributed by atoms with Crippen LogP contribution < -0.4 is 5.32 Å². The van der Waals surface area contributed by atoms with Crippen molar-refractivity contribution in [1.82, 2.24) is 30.8 Å². The van der Waals surface area contributed by atoms with Gasteiger partial charge in [-0.1, -0.05) is 11.8 Å². The summed E-state index contributed by atoms with van der Waals surface area (Å²) in [4.78, 5) is 13.9. The number of hydrogen-bond acceptors (Lipinski definition) is 6. The SMILES string of the molecule is CC(Sc1nn[nH]n1)C(=O)N1CCNCC1. The minimum atomic E-state index is -0.171. The molecule has 88 valence electrons. The van der Waals surface area contributed by atoms with Crippen molar-refractivity contribution in [3.63, 3.8) is 0 Å². The van der Waals surface area contributed by atoms with Crippen LogP contribution in [0.5, 0.6) is 0 Å². The van der Waals surface area contributed by atoms with Crippen LogP contribution in [0.25, 0.3) is 0 Å². The van der Waals surface area contributed by atoms with Crippen molar-refractivity contribution in [1.29, 1.82) is 0 Å². The average molecular weight is 242 g/mol. The van der Waals surface area contributed by atoms with Crippen molar-refractivity contribution in [3.8, 4) is 0 Å². The number of nitrogens with one attached hydrogen (secondary N) is 2. The summed E-state index contributed by atoms with van der Waals surface area (Å²) in [5.74, 6) is 0.135. The van der Waals surface area contributed by atoms with Crippen molar-refractivity contribution in [2.45, 2.75) is 17.3 Å². The van der Waals surface area contributed by atoms with E-state index >= 15 is 0 Å². The number of amides is 1. The van der Waals surface area contributed by atoms with Gasteiger partial charge in [-0.2, -0.15) is 5.21 Å². The fraction of sp³-hybridized carbons (Fsp3) is 0.750. The number of nitrogens with zero attached hydrogens (tertiary/aromatic N) is 4. The van der Waals surface area contributed by atoms with E-state index in [1.54, 1.807) is 0 Å². The number of aromatic amines is 1. The Hall–Kier alpha value is -1.15. The maximum Gasteiger partial charge on any atom is 0.235 e. The summed E-state index contributed by atoms with van der Waals surface area (Å²) < 4.78 is 0. The second-order valence-corrected chi connectivity index (χ2v) is 4.84.